The molecule has 0 atom stereocenters. The van der Waals surface area contributed by atoms with Gasteiger partial charge in [-0.15, -0.1) is 0 Å². The van der Waals surface area contributed by atoms with Gasteiger partial charge in [-0.2, -0.15) is 13.2 Å². The van der Waals surface area contributed by atoms with E-state index in [1.165, 1.54) is 24.5 Å². The number of amides is 1. The lowest BCUT2D eigenvalue weighted by Gasteiger charge is -2.10. The molecule has 28 heavy (non-hydrogen) atoms. The average Bonchev–Trinajstić information content (AvgIpc) is 2.67. The van der Waals surface area contributed by atoms with E-state index in [4.69, 9.17) is 0 Å². The molecule has 0 radical (unpaired) electrons. The van der Waals surface area contributed by atoms with E-state index in [2.05, 4.69) is 20.6 Å². The fourth-order valence-electron chi connectivity index (χ4n) is 2.45. The molecule has 3 aromatic rings. The van der Waals surface area contributed by atoms with E-state index in [0.717, 1.165) is 23.3 Å². The maximum atomic E-state index is 12.8. The molecule has 0 saturated carbocycles. The molecule has 2 N–H and O–H groups in total. The van der Waals surface area contributed by atoms with Crippen molar-refractivity contribution in [2.45, 2.75) is 19.6 Å². The second kappa shape index (κ2) is 8.08. The van der Waals surface area contributed by atoms with Crippen LogP contribution in [0.15, 0.2) is 60.9 Å². The summed E-state index contributed by atoms with van der Waals surface area (Å²) in [7, 11) is 0. The van der Waals surface area contributed by atoms with Gasteiger partial charge in [0.1, 0.15) is 17.8 Å². The first-order chi connectivity index (χ1) is 13.3. The van der Waals surface area contributed by atoms with Gasteiger partial charge >= 0.3 is 6.18 Å². The van der Waals surface area contributed by atoms with E-state index in [-0.39, 0.29) is 11.4 Å². The minimum atomic E-state index is -4.48. The summed E-state index contributed by atoms with van der Waals surface area (Å²) in [5.41, 5.74) is 1.43. The van der Waals surface area contributed by atoms with E-state index in [0.29, 0.717) is 12.4 Å². The normalized spacial score (nSPS) is 11.1. The summed E-state index contributed by atoms with van der Waals surface area (Å²) in [5.74, 6) is -0.190. The van der Waals surface area contributed by atoms with Gasteiger partial charge in [0.25, 0.3) is 5.91 Å². The lowest BCUT2D eigenvalue weighted by molar-refractivity contribution is -0.137. The second-order valence-electron chi connectivity index (χ2n) is 6.16. The van der Waals surface area contributed by atoms with Crippen LogP contribution in [0.25, 0.3) is 0 Å². The van der Waals surface area contributed by atoms with Gasteiger partial charge in [-0.3, -0.25) is 4.79 Å². The molecule has 2 aromatic carbocycles. The molecule has 144 valence electrons. The van der Waals surface area contributed by atoms with Gasteiger partial charge in [-0.25, -0.2) is 9.97 Å². The van der Waals surface area contributed by atoms with E-state index in [1.54, 1.807) is 0 Å². The van der Waals surface area contributed by atoms with Gasteiger partial charge in [0, 0.05) is 18.3 Å². The molecule has 1 aromatic heterocycles. The number of carbonyl (C=O) groups is 1. The third-order valence-corrected chi connectivity index (χ3v) is 3.94. The first kappa shape index (κ1) is 19.3. The van der Waals surface area contributed by atoms with Crippen LogP contribution in [-0.2, 0) is 12.7 Å². The molecule has 0 fully saturated rings. The van der Waals surface area contributed by atoms with E-state index in [1.807, 2.05) is 31.2 Å². The van der Waals surface area contributed by atoms with Crippen LogP contribution in [0.5, 0.6) is 0 Å². The molecule has 8 heteroatoms. The van der Waals surface area contributed by atoms with Crippen molar-refractivity contribution in [3.63, 3.8) is 0 Å². The highest BCUT2D eigenvalue weighted by Gasteiger charge is 2.30. The highest BCUT2D eigenvalue weighted by Crippen LogP contribution is 2.30. The summed E-state index contributed by atoms with van der Waals surface area (Å²) >= 11 is 0. The first-order valence-electron chi connectivity index (χ1n) is 8.41. The van der Waals surface area contributed by atoms with Gasteiger partial charge in [-0.05, 0) is 30.7 Å². The van der Waals surface area contributed by atoms with E-state index >= 15 is 0 Å². The molecular weight excluding hydrogens is 369 g/mol. The molecule has 0 aliphatic heterocycles. The van der Waals surface area contributed by atoms with Crippen LogP contribution in [0.2, 0.25) is 0 Å². The Morgan fingerprint density at radius 3 is 2.50 bits per heavy atom. The fourth-order valence-corrected chi connectivity index (χ4v) is 2.45. The molecule has 0 aliphatic carbocycles. The highest BCUT2D eigenvalue weighted by atomic mass is 19.4. The number of nitrogens with one attached hydrogen (secondary N) is 2. The van der Waals surface area contributed by atoms with Gasteiger partial charge < -0.3 is 10.6 Å². The molecular formula is C20H17F3N4O. The summed E-state index contributed by atoms with van der Waals surface area (Å²) in [6, 6.07) is 13.8. The Morgan fingerprint density at radius 2 is 1.79 bits per heavy atom. The average molecular weight is 386 g/mol. The zero-order valence-electron chi connectivity index (χ0n) is 14.9. The Morgan fingerprint density at radius 1 is 1.04 bits per heavy atom. The van der Waals surface area contributed by atoms with Crippen molar-refractivity contribution in [1.29, 1.82) is 0 Å². The summed E-state index contributed by atoms with van der Waals surface area (Å²) in [6.07, 6.45) is -3.26. The topological polar surface area (TPSA) is 66.9 Å². The number of hydrogen-bond donors (Lipinski definition) is 2. The Kier molecular flexibility index (Phi) is 5.58. The van der Waals surface area contributed by atoms with Crippen LogP contribution in [-0.4, -0.2) is 15.9 Å². The van der Waals surface area contributed by atoms with Crippen LogP contribution >= 0.6 is 0 Å². The van der Waals surface area contributed by atoms with Crippen LogP contribution in [0.1, 0.15) is 27.2 Å². The molecule has 5 nitrogen and oxygen atoms in total. The van der Waals surface area contributed by atoms with Crippen molar-refractivity contribution < 1.29 is 18.0 Å². The third kappa shape index (κ3) is 5.06. The number of anilines is 2. The number of nitrogens with zero attached hydrogens (tertiary/aromatic N) is 2. The Labute approximate surface area is 159 Å². The number of aromatic nitrogens is 2. The standard InChI is InChI=1S/C20H17F3N4O/c1-13-5-7-14(8-6-13)11-24-18-10-17(25-12-26-18)19(28)27-16-4-2-3-15(9-16)20(21,22)23/h2-10,12H,11H2,1H3,(H,27,28)(H,24,25,26). The molecule has 0 aliphatic rings. The number of rotatable bonds is 5. The fraction of sp³-hybridized carbons (Fsp3) is 0.150. The highest BCUT2D eigenvalue weighted by molar-refractivity contribution is 6.03. The number of halogens is 3. The SMILES string of the molecule is Cc1ccc(CNc2cc(C(=O)Nc3cccc(C(F)(F)F)c3)ncn2)cc1. The van der Waals surface area contributed by atoms with Crippen molar-refractivity contribution in [3.8, 4) is 0 Å². The van der Waals surface area contributed by atoms with Gasteiger partial charge in [0.2, 0.25) is 0 Å². The number of carbonyl (C=O) groups excluding carboxylic acids is 1. The molecule has 3 rings (SSSR count). The summed E-state index contributed by atoms with van der Waals surface area (Å²) < 4.78 is 38.4. The van der Waals surface area contributed by atoms with Crippen molar-refractivity contribution in [1.82, 2.24) is 9.97 Å². The smallest absolute Gasteiger partial charge is 0.366 e. The van der Waals surface area contributed by atoms with Crippen molar-refractivity contribution >= 4 is 17.4 Å². The van der Waals surface area contributed by atoms with Gasteiger partial charge in [0.05, 0.1) is 5.56 Å². The predicted octanol–water partition coefficient (Wildman–Crippen LogP) is 4.67. The molecule has 1 heterocycles. The Balaban J connectivity index is 1.67. The minimum absolute atomic E-state index is 0.0348. The minimum Gasteiger partial charge on any atom is -0.366 e. The lowest BCUT2D eigenvalue weighted by Crippen LogP contribution is -2.15. The molecule has 0 saturated heterocycles. The van der Waals surface area contributed by atoms with Crippen molar-refractivity contribution in [3.05, 3.63) is 83.3 Å². The number of benzene rings is 2. The zero-order chi connectivity index (χ0) is 20.1. The van der Waals surface area contributed by atoms with E-state index < -0.39 is 17.6 Å². The number of alkyl halides is 3. The maximum absolute atomic E-state index is 12.8. The quantitative estimate of drug-likeness (QED) is 0.669. The monoisotopic (exact) mass is 386 g/mol. The number of aryl methyl sites for hydroxylation is 1. The lowest BCUT2D eigenvalue weighted by atomic mass is 10.1. The Hall–Kier alpha value is -3.42. The molecule has 1 amide bonds. The summed E-state index contributed by atoms with van der Waals surface area (Å²) in [5, 5.41) is 5.51. The first-order valence-corrected chi connectivity index (χ1v) is 8.41. The molecule has 0 bridgehead atoms. The third-order valence-electron chi connectivity index (χ3n) is 3.94. The van der Waals surface area contributed by atoms with Gasteiger partial charge in [0.15, 0.2) is 0 Å². The zero-order valence-corrected chi connectivity index (χ0v) is 14.9. The van der Waals surface area contributed by atoms with Crippen LogP contribution in [0.4, 0.5) is 24.7 Å². The predicted molar refractivity (Wildman–Crippen MR) is 99.9 cm³/mol. The summed E-state index contributed by atoms with van der Waals surface area (Å²) in [6.45, 7) is 2.50. The van der Waals surface area contributed by atoms with Crippen LogP contribution in [0, 0.1) is 6.92 Å². The van der Waals surface area contributed by atoms with Crippen molar-refractivity contribution in [2.75, 3.05) is 10.6 Å². The Bertz CT molecular complexity index is 972. The second-order valence-corrected chi connectivity index (χ2v) is 6.16. The van der Waals surface area contributed by atoms with Crippen molar-refractivity contribution in [2.24, 2.45) is 0 Å². The van der Waals surface area contributed by atoms with Crippen LogP contribution in [0.3, 0.4) is 0 Å². The van der Waals surface area contributed by atoms with E-state index in [9.17, 15) is 18.0 Å². The molecule has 0 spiro atoms. The largest absolute Gasteiger partial charge is 0.416 e. The van der Waals surface area contributed by atoms with Crippen LogP contribution < -0.4 is 10.6 Å². The molecule has 0 unspecified atom stereocenters. The maximum Gasteiger partial charge on any atom is 0.416 e. The number of hydrogen-bond acceptors (Lipinski definition) is 4. The van der Waals surface area contributed by atoms with Gasteiger partial charge in [-0.1, -0.05) is 35.9 Å². The summed E-state index contributed by atoms with van der Waals surface area (Å²) in [4.78, 5) is 20.3.